The third-order valence-electron chi connectivity index (χ3n) is 5.88. The maximum atomic E-state index is 12.9. The number of aliphatic carboxylic acids is 1. The molecular formula is C30H27NO6. The molecule has 0 fully saturated rings. The predicted molar refractivity (Wildman–Crippen MR) is 138 cm³/mol. The molecular weight excluding hydrogens is 470 g/mol. The van der Waals surface area contributed by atoms with E-state index in [1.165, 1.54) is 12.1 Å². The fourth-order valence-corrected chi connectivity index (χ4v) is 3.78. The number of rotatable bonds is 11. The van der Waals surface area contributed by atoms with Gasteiger partial charge in [-0.05, 0) is 41.0 Å². The van der Waals surface area contributed by atoms with Crippen molar-refractivity contribution in [1.29, 1.82) is 0 Å². The van der Waals surface area contributed by atoms with Gasteiger partial charge < -0.3 is 25.0 Å². The van der Waals surface area contributed by atoms with Crippen molar-refractivity contribution in [2.24, 2.45) is 0 Å². The maximum Gasteiger partial charge on any atom is 0.336 e. The first-order valence-corrected chi connectivity index (χ1v) is 11.7. The lowest BCUT2D eigenvalue weighted by atomic mass is 9.89. The molecule has 188 valence electrons. The number of carbonyl (C=O) groups excluding carboxylic acids is 1. The van der Waals surface area contributed by atoms with Gasteiger partial charge in [0.05, 0.1) is 6.61 Å². The number of ether oxygens (including phenoxy) is 2. The van der Waals surface area contributed by atoms with Crippen molar-refractivity contribution >= 4 is 11.9 Å². The molecule has 0 spiro atoms. The first kappa shape index (κ1) is 25.5. The summed E-state index contributed by atoms with van der Waals surface area (Å²) in [5, 5.41) is 22.9. The Morgan fingerprint density at radius 1 is 0.703 bits per heavy atom. The Hall–Kier alpha value is -4.62. The molecule has 4 aromatic carbocycles. The van der Waals surface area contributed by atoms with Gasteiger partial charge in [0, 0.05) is 5.56 Å². The van der Waals surface area contributed by atoms with Gasteiger partial charge >= 0.3 is 5.97 Å². The van der Waals surface area contributed by atoms with E-state index in [1.54, 1.807) is 36.4 Å². The zero-order valence-corrected chi connectivity index (χ0v) is 20.0. The number of amides is 1. The third kappa shape index (κ3) is 6.15. The number of hydrogen-bond acceptors (Lipinski definition) is 5. The van der Waals surface area contributed by atoms with Crippen molar-refractivity contribution in [2.75, 3.05) is 6.61 Å². The molecule has 4 rings (SSSR count). The molecule has 0 aliphatic carbocycles. The van der Waals surface area contributed by atoms with E-state index in [4.69, 9.17) is 9.47 Å². The lowest BCUT2D eigenvalue weighted by Crippen LogP contribution is -2.54. The maximum absolute atomic E-state index is 12.9. The van der Waals surface area contributed by atoms with E-state index in [1.807, 2.05) is 60.7 Å². The number of aliphatic hydroxyl groups is 1. The van der Waals surface area contributed by atoms with Crippen LogP contribution in [0.15, 0.2) is 109 Å². The van der Waals surface area contributed by atoms with E-state index in [0.717, 1.165) is 11.1 Å². The summed E-state index contributed by atoms with van der Waals surface area (Å²) in [5.74, 6) is -1.36. The molecule has 7 heteroatoms. The quantitative estimate of drug-likeness (QED) is 0.281. The number of benzene rings is 4. The molecule has 1 amide bonds. The number of aliphatic hydroxyl groups excluding tert-OH is 1. The Balaban J connectivity index is 1.67. The van der Waals surface area contributed by atoms with E-state index in [2.05, 4.69) is 5.32 Å². The average Bonchev–Trinajstić information content (AvgIpc) is 2.95. The standard InChI is InChI=1S/C30H27NO6/c32-21-30(29(34)35,31-28(33)24-14-8-3-9-15-24)25-16-17-26(36-19-22-10-4-1-5-11-22)27(18-25)37-20-23-12-6-2-7-13-23/h1-18,32H,19-21H2,(H,31,33)(H,34,35)/t30-/m1/s1. The summed E-state index contributed by atoms with van der Waals surface area (Å²) in [4.78, 5) is 25.3. The van der Waals surface area contributed by atoms with Crippen molar-refractivity contribution in [3.05, 3.63) is 131 Å². The Bertz CT molecular complexity index is 1330. The first-order valence-electron chi connectivity index (χ1n) is 11.7. The molecule has 0 aliphatic rings. The van der Waals surface area contributed by atoms with E-state index >= 15 is 0 Å². The highest BCUT2D eigenvalue weighted by Crippen LogP contribution is 2.34. The van der Waals surface area contributed by atoms with Crippen LogP contribution in [0.1, 0.15) is 27.0 Å². The molecule has 0 heterocycles. The smallest absolute Gasteiger partial charge is 0.336 e. The van der Waals surface area contributed by atoms with Crippen LogP contribution >= 0.6 is 0 Å². The molecule has 4 aromatic rings. The minimum atomic E-state index is -2.10. The van der Waals surface area contributed by atoms with E-state index < -0.39 is 24.0 Å². The Kier molecular flexibility index (Phi) is 8.18. The highest BCUT2D eigenvalue weighted by molar-refractivity contribution is 5.98. The summed E-state index contributed by atoms with van der Waals surface area (Å²) in [5.41, 5.74) is 0.166. The van der Waals surface area contributed by atoms with Crippen LogP contribution in [0, 0.1) is 0 Å². The van der Waals surface area contributed by atoms with Crippen LogP contribution in [0.4, 0.5) is 0 Å². The molecule has 0 saturated heterocycles. The topological polar surface area (TPSA) is 105 Å². The second-order valence-electron chi connectivity index (χ2n) is 8.40. The molecule has 0 aliphatic heterocycles. The van der Waals surface area contributed by atoms with Crippen LogP contribution < -0.4 is 14.8 Å². The largest absolute Gasteiger partial charge is 0.485 e. The molecule has 0 radical (unpaired) electrons. The zero-order chi connectivity index (χ0) is 26.1. The van der Waals surface area contributed by atoms with Gasteiger partial charge in [-0.3, -0.25) is 4.79 Å². The number of carboxylic acids is 1. The second-order valence-corrected chi connectivity index (χ2v) is 8.40. The van der Waals surface area contributed by atoms with E-state index in [-0.39, 0.29) is 30.1 Å². The first-order chi connectivity index (χ1) is 18.0. The lowest BCUT2D eigenvalue weighted by Gasteiger charge is -2.30. The predicted octanol–water partition coefficient (Wildman–Crippen LogP) is 4.55. The van der Waals surface area contributed by atoms with Crippen LogP contribution in [0.2, 0.25) is 0 Å². The van der Waals surface area contributed by atoms with Crippen molar-refractivity contribution in [3.63, 3.8) is 0 Å². The zero-order valence-electron chi connectivity index (χ0n) is 20.0. The summed E-state index contributed by atoms with van der Waals surface area (Å²) in [6.07, 6.45) is 0. The number of carbonyl (C=O) groups is 2. The summed E-state index contributed by atoms with van der Waals surface area (Å²) in [6.45, 7) is -0.387. The SMILES string of the molecule is O=C(N[C@@](CO)(C(=O)O)c1ccc(OCc2ccccc2)c(OCc2ccccc2)c1)c1ccccc1. The Labute approximate surface area is 214 Å². The summed E-state index contributed by atoms with van der Waals surface area (Å²) >= 11 is 0. The minimum Gasteiger partial charge on any atom is -0.485 e. The molecule has 0 unspecified atom stereocenters. The monoisotopic (exact) mass is 497 g/mol. The Morgan fingerprint density at radius 2 is 1.22 bits per heavy atom. The molecule has 7 nitrogen and oxygen atoms in total. The lowest BCUT2D eigenvalue weighted by molar-refractivity contribution is -0.146. The van der Waals surface area contributed by atoms with Crippen molar-refractivity contribution in [1.82, 2.24) is 5.32 Å². The van der Waals surface area contributed by atoms with Gasteiger partial charge in [0.15, 0.2) is 17.0 Å². The van der Waals surface area contributed by atoms with Crippen LogP contribution in [0.25, 0.3) is 0 Å². The van der Waals surface area contributed by atoms with Gasteiger partial charge in [0.25, 0.3) is 5.91 Å². The van der Waals surface area contributed by atoms with Crippen molar-refractivity contribution in [2.45, 2.75) is 18.8 Å². The van der Waals surface area contributed by atoms with E-state index in [0.29, 0.717) is 5.75 Å². The van der Waals surface area contributed by atoms with Gasteiger partial charge in [-0.15, -0.1) is 0 Å². The van der Waals surface area contributed by atoms with E-state index in [9.17, 15) is 19.8 Å². The van der Waals surface area contributed by atoms with Crippen LogP contribution in [-0.4, -0.2) is 28.7 Å². The van der Waals surface area contributed by atoms with Crippen LogP contribution in [0.3, 0.4) is 0 Å². The van der Waals surface area contributed by atoms with Gasteiger partial charge in [0.2, 0.25) is 0 Å². The summed E-state index contributed by atoms with van der Waals surface area (Å²) < 4.78 is 12.1. The average molecular weight is 498 g/mol. The summed E-state index contributed by atoms with van der Waals surface area (Å²) in [7, 11) is 0. The fourth-order valence-electron chi connectivity index (χ4n) is 3.78. The highest BCUT2D eigenvalue weighted by Gasteiger charge is 2.42. The van der Waals surface area contributed by atoms with Crippen molar-refractivity contribution < 1.29 is 29.3 Å². The molecule has 0 bridgehead atoms. The minimum absolute atomic E-state index is 0.141. The van der Waals surface area contributed by atoms with Crippen LogP contribution in [-0.2, 0) is 23.5 Å². The number of nitrogens with one attached hydrogen (secondary N) is 1. The highest BCUT2D eigenvalue weighted by atomic mass is 16.5. The molecule has 0 saturated carbocycles. The molecule has 3 N–H and O–H groups in total. The van der Waals surface area contributed by atoms with Gasteiger partial charge in [-0.25, -0.2) is 4.79 Å². The van der Waals surface area contributed by atoms with Gasteiger partial charge in [0.1, 0.15) is 13.2 Å². The summed E-state index contributed by atoms with van der Waals surface area (Å²) in [6, 6.07) is 31.9. The second kappa shape index (κ2) is 11.9. The molecule has 37 heavy (non-hydrogen) atoms. The fraction of sp³-hybridized carbons (Fsp3) is 0.133. The van der Waals surface area contributed by atoms with Crippen molar-refractivity contribution in [3.8, 4) is 11.5 Å². The normalized spacial score (nSPS) is 12.2. The van der Waals surface area contributed by atoms with Crippen LogP contribution in [0.5, 0.6) is 11.5 Å². The van der Waals surface area contributed by atoms with Gasteiger partial charge in [-0.1, -0.05) is 84.9 Å². The number of carboxylic acid groups (broad SMARTS) is 1. The number of hydrogen-bond donors (Lipinski definition) is 3. The third-order valence-corrected chi connectivity index (χ3v) is 5.88. The van der Waals surface area contributed by atoms with Gasteiger partial charge in [-0.2, -0.15) is 0 Å². The molecule has 0 aromatic heterocycles. The Morgan fingerprint density at radius 3 is 1.73 bits per heavy atom. The molecule has 1 atom stereocenters.